The van der Waals surface area contributed by atoms with E-state index in [1.807, 2.05) is 19.1 Å². The van der Waals surface area contributed by atoms with Crippen molar-refractivity contribution in [2.45, 2.75) is 25.6 Å². The average molecular weight is 382 g/mol. The van der Waals surface area contributed by atoms with Crippen LogP contribution in [0.5, 0.6) is 5.75 Å². The van der Waals surface area contributed by atoms with Gasteiger partial charge < -0.3 is 20.5 Å². The van der Waals surface area contributed by atoms with Crippen molar-refractivity contribution < 1.29 is 27.8 Å². The number of anilines is 1. The summed E-state index contributed by atoms with van der Waals surface area (Å²) in [4.78, 5) is 11.8. The Kier molecular flexibility index (Phi) is 7.06. The summed E-state index contributed by atoms with van der Waals surface area (Å²) in [7, 11) is 0. The lowest BCUT2D eigenvalue weighted by Gasteiger charge is -2.15. The molecule has 0 aliphatic carbocycles. The van der Waals surface area contributed by atoms with E-state index >= 15 is 0 Å². The second-order valence-corrected chi connectivity index (χ2v) is 5.88. The van der Waals surface area contributed by atoms with Gasteiger partial charge in [0.15, 0.2) is 0 Å². The van der Waals surface area contributed by atoms with Crippen molar-refractivity contribution >= 4 is 11.7 Å². The number of amides is 2. The lowest BCUT2D eigenvalue weighted by atomic mass is 10.1. The second kappa shape index (κ2) is 9.27. The van der Waals surface area contributed by atoms with E-state index in [1.54, 1.807) is 12.1 Å². The molecule has 0 saturated carbocycles. The van der Waals surface area contributed by atoms with E-state index in [9.17, 15) is 23.1 Å². The number of aliphatic hydroxyl groups excluding tert-OH is 1. The first kappa shape index (κ1) is 20.6. The van der Waals surface area contributed by atoms with Crippen molar-refractivity contribution in [3.63, 3.8) is 0 Å². The molecule has 3 N–H and O–H groups in total. The number of rotatable bonds is 7. The Balaban J connectivity index is 1.75. The van der Waals surface area contributed by atoms with Crippen LogP contribution in [0.3, 0.4) is 0 Å². The van der Waals surface area contributed by atoms with Crippen LogP contribution in [-0.4, -0.2) is 30.4 Å². The largest absolute Gasteiger partial charge is 0.491 e. The number of hydrogen-bond acceptors (Lipinski definition) is 3. The summed E-state index contributed by atoms with van der Waals surface area (Å²) in [5.74, 6) is -0.00987. The van der Waals surface area contributed by atoms with Crippen LogP contribution >= 0.6 is 0 Å². The Labute approximate surface area is 155 Å². The van der Waals surface area contributed by atoms with Gasteiger partial charge in [0.1, 0.15) is 18.5 Å². The van der Waals surface area contributed by atoms with Gasteiger partial charge in [-0.05, 0) is 42.3 Å². The predicted octanol–water partition coefficient (Wildman–Crippen LogP) is 3.83. The number of halogens is 3. The molecule has 27 heavy (non-hydrogen) atoms. The standard InChI is InChI=1S/C19H21F3N2O3/c1-2-13-6-8-15(9-7-13)24-18(26)23-11-16(25)12-27-17-5-3-4-14(10-17)19(20,21)22/h3-10,16,25H,2,11-12H2,1H3,(H2,23,24,26). The van der Waals surface area contributed by atoms with E-state index in [2.05, 4.69) is 10.6 Å². The summed E-state index contributed by atoms with van der Waals surface area (Å²) in [6.45, 7) is 1.66. The van der Waals surface area contributed by atoms with Crippen molar-refractivity contribution in [1.82, 2.24) is 5.32 Å². The number of benzene rings is 2. The highest BCUT2D eigenvalue weighted by Gasteiger charge is 2.30. The minimum Gasteiger partial charge on any atom is -0.491 e. The quantitative estimate of drug-likeness (QED) is 0.682. The van der Waals surface area contributed by atoms with Crippen molar-refractivity contribution in [2.24, 2.45) is 0 Å². The van der Waals surface area contributed by atoms with Crippen LogP contribution in [0.25, 0.3) is 0 Å². The molecule has 146 valence electrons. The molecule has 1 unspecified atom stereocenters. The van der Waals surface area contributed by atoms with Gasteiger partial charge in [-0.25, -0.2) is 4.79 Å². The molecule has 2 amide bonds. The summed E-state index contributed by atoms with van der Waals surface area (Å²) in [5, 5.41) is 14.9. The number of carbonyl (C=O) groups is 1. The molecule has 2 aromatic rings. The van der Waals surface area contributed by atoms with E-state index in [0.717, 1.165) is 24.1 Å². The zero-order valence-electron chi connectivity index (χ0n) is 14.7. The maximum atomic E-state index is 12.6. The maximum absolute atomic E-state index is 12.6. The minimum atomic E-state index is -4.47. The van der Waals surface area contributed by atoms with Gasteiger partial charge in [-0.2, -0.15) is 13.2 Å². The molecule has 8 heteroatoms. The van der Waals surface area contributed by atoms with Crippen molar-refractivity contribution in [2.75, 3.05) is 18.5 Å². The summed E-state index contributed by atoms with van der Waals surface area (Å²) in [6.07, 6.45) is -4.65. The number of carbonyl (C=O) groups excluding carboxylic acids is 1. The summed E-state index contributed by atoms with van der Waals surface area (Å²) >= 11 is 0. The van der Waals surface area contributed by atoms with E-state index in [0.29, 0.717) is 5.69 Å². The fraction of sp³-hybridized carbons (Fsp3) is 0.316. The summed E-state index contributed by atoms with van der Waals surface area (Å²) < 4.78 is 43.1. The molecule has 0 aromatic heterocycles. The van der Waals surface area contributed by atoms with Crippen molar-refractivity contribution in [1.29, 1.82) is 0 Å². The fourth-order valence-corrected chi connectivity index (χ4v) is 2.22. The number of alkyl halides is 3. The number of ether oxygens (including phenoxy) is 1. The third kappa shape index (κ3) is 6.82. The highest BCUT2D eigenvalue weighted by atomic mass is 19.4. The van der Waals surface area contributed by atoms with Gasteiger partial charge in [0.25, 0.3) is 0 Å². The molecule has 0 aliphatic heterocycles. The first-order chi connectivity index (χ1) is 12.8. The van der Waals surface area contributed by atoms with Gasteiger partial charge in [0.05, 0.1) is 5.56 Å². The second-order valence-electron chi connectivity index (χ2n) is 5.88. The molecular weight excluding hydrogens is 361 g/mol. The molecule has 1 atom stereocenters. The molecule has 0 radical (unpaired) electrons. The average Bonchev–Trinajstić information content (AvgIpc) is 2.65. The van der Waals surface area contributed by atoms with Gasteiger partial charge in [-0.1, -0.05) is 25.1 Å². The molecule has 2 rings (SSSR count). The predicted molar refractivity (Wildman–Crippen MR) is 95.8 cm³/mol. The monoisotopic (exact) mass is 382 g/mol. The Bertz CT molecular complexity index is 749. The third-order valence-corrected chi connectivity index (χ3v) is 3.72. The van der Waals surface area contributed by atoms with Crippen molar-refractivity contribution in [3.8, 4) is 5.75 Å². The Hall–Kier alpha value is -2.74. The zero-order valence-corrected chi connectivity index (χ0v) is 14.7. The molecule has 0 heterocycles. The van der Waals surface area contributed by atoms with Crippen LogP contribution < -0.4 is 15.4 Å². The Morgan fingerprint density at radius 1 is 1.19 bits per heavy atom. The molecule has 0 fully saturated rings. The smallest absolute Gasteiger partial charge is 0.416 e. The number of aryl methyl sites for hydroxylation is 1. The van der Waals surface area contributed by atoms with Crippen LogP contribution in [0.1, 0.15) is 18.1 Å². The van der Waals surface area contributed by atoms with Gasteiger partial charge in [-0.15, -0.1) is 0 Å². The normalized spacial score (nSPS) is 12.3. The molecule has 0 bridgehead atoms. The number of urea groups is 1. The fourth-order valence-electron chi connectivity index (χ4n) is 2.22. The van der Waals surface area contributed by atoms with Gasteiger partial charge >= 0.3 is 12.2 Å². The zero-order chi connectivity index (χ0) is 19.9. The van der Waals surface area contributed by atoms with Gasteiger partial charge in [-0.3, -0.25) is 0 Å². The summed E-state index contributed by atoms with van der Waals surface area (Å²) in [6, 6.07) is 11.2. The Morgan fingerprint density at radius 2 is 1.89 bits per heavy atom. The van der Waals surface area contributed by atoms with E-state index in [4.69, 9.17) is 4.74 Å². The van der Waals surface area contributed by atoms with Crippen LogP contribution in [-0.2, 0) is 12.6 Å². The molecule has 0 aliphatic rings. The molecule has 2 aromatic carbocycles. The van der Waals surface area contributed by atoms with Gasteiger partial charge in [0.2, 0.25) is 0 Å². The number of nitrogens with one attached hydrogen (secondary N) is 2. The van der Waals surface area contributed by atoms with Crippen LogP contribution in [0, 0.1) is 0 Å². The highest BCUT2D eigenvalue weighted by Crippen LogP contribution is 2.31. The maximum Gasteiger partial charge on any atom is 0.416 e. The third-order valence-electron chi connectivity index (χ3n) is 3.72. The molecular formula is C19H21F3N2O3. The molecule has 0 spiro atoms. The lowest BCUT2D eigenvalue weighted by Crippen LogP contribution is -2.37. The molecule has 5 nitrogen and oxygen atoms in total. The van der Waals surface area contributed by atoms with Crippen LogP contribution in [0.4, 0.5) is 23.7 Å². The van der Waals surface area contributed by atoms with E-state index in [-0.39, 0.29) is 18.9 Å². The minimum absolute atomic E-state index is 0.00987. The Morgan fingerprint density at radius 3 is 2.52 bits per heavy atom. The first-order valence-electron chi connectivity index (χ1n) is 8.40. The summed E-state index contributed by atoms with van der Waals surface area (Å²) in [5.41, 5.74) is 0.920. The highest BCUT2D eigenvalue weighted by molar-refractivity contribution is 5.89. The van der Waals surface area contributed by atoms with Crippen molar-refractivity contribution in [3.05, 3.63) is 59.7 Å². The number of aliphatic hydroxyl groups is 1. The SMILES string of the molecule is CCc1ccc(NC(=O)NCC(O)COc2cccc(C(F)(F)F)c2)cc1. The van der Waals surface area contributed by atoms with Crippen LogP contribution in [0.15, 0.2) is 48.5 Å². The molecule has 0 saturated heterocycles. The van der Waals surface area contributed by atoms with E-state index < -0.39 is 23.9 Å². The first-order valence-corrected chi connectivity index (χ1v) is 8.40. The topological polar surface area (TPSA) is 70.6 Å². The number of hydrogen-bond donors (Lipinski definition) is 3. The van der Waals surface area contributed by atoms with Crippen LogP contribution in [0.2, 0.25) is 0 Å². The van der Waals surface area contributed by atoms with E-state index in [1.165, 1.54) is 12.1 Å². The van der Waals surface area contributed by atoms with Gasteiger partial charge in [0, 0.05) is 12.2 Å². The lowest BCUT2D eigenvalue weighted by molar-refractivity contribution is -0.137.